The summed E-state index contributed by atoms with van der Waals surface area (Å²) in [4.78, 5) is 0. The molecule has 2 N–H and O–H groups in total. The Morgan fingerprint density at radius 1 is 1.73 bits per heavy atom. The van der Waals surface area contributed by atoms with Crippen molar-refractivity contribution in [3.05, 3.63) is 0 Å². The Morgan fingerprint density at radius 3 is 2.91 bits per heavy atom. The first-order valence-electron chi connectivity index (χ1n) is 3.75. The average molecular weight is 182 g/mol. The van der Waals surface area contributed by atoms with Gasteiger partial charge in [0.05, 0.1) is 12.7 Å². The van der Waals surface area contributed by atoms with E-state index in [0.29, 0.717) is 12.5 Å². The molecule has 0 aliphatic carbocycles. The number of aliphatic hydroxyl groups is 1. The highest BCUT2D eigenvalue weighted by Gasteiger charge is 2.22. The lowest BCUT2D eigenvalue weighted by molar-refractivity contribution is 0.0925. The van der Waals surface area contributed by atoms with Crippen molar-refractivity contribution in [1.29, 1.82) is 0 Å². The third-order valence-electron chi connectivity index (χ3n) is 1.92. The molecule has 2 unspecified atom stereocenters. The summed E-state index contributed by atoms with van der Waals surface area (Å²) < 4.78 is 5.14. The molecule has 1 saturated heterocycles. The molecule has 0 spiro atoms. The summed E-state index contributed by atoms with van der Waals surface area (Å²) in [6.45, 7) is 2.21. The van der Waals surface area contributed by atoms with Gasteiger partial charge in [0.1, 0.15) is 0 Å². The number of aliphatic hydroxyl groups excluding tert-OH is 1. The molecule has 3 nitrogen and oxygen atoms in total. The fourth-order valence-corrected chi connectivity index (χ4v) is 1.23. The van der Waals surface area contributed by atoms with Crippen LogP contribution in [0.4, 0.5) is 0 Å². The maximum absolute atomic E-state index is 9.41. The topological polar surface area (TPSA) is 41.5 Å². The fraction of sp³-hybridized carbons (Fsp3) is 1.00. The van der Waals surface area contributed by atoms with E-state index in [0.717, 1.165) is 19.6 Å². The molecule has 1 aliphatic rings. The number of rotatable bonds is 3. The van der Waals surface area contributed by atoms with Gasteiger partial charge in [0.25, 0.3) is 0 Å². The zero-order valence-electron chi connectivity index (χ0n) is 6.75. The number of hydrogen-bond donors (Lipinski definition) is 2. The number of ether oxygens (including phenoxy) is 1. The SMILES string of the molecule is CNCC(O)C1CCOC1.Cl. The third-order valence-corrected chi connectivity index (χ3v) is 1.92. The largest absolute Gasteiger partial charge is 0.391 e. The second-order valence-corrected chi connectivity index (χ2v) is 2.75. The Balaban J connectivity index is 0.000001000. The van der Waals surface area contributed by atoms with Crippen molar-refractivity contribution in [2.75, 3.05) is 26.8 Å². The Labute approximate surface area is 73.5 Å². The summed E-state index contributed by atoms with van der Waals surface area (Å²) in [6, 6.07) is 0. The Kier molecular flexibility index (Phi) is 5.86. The predicted molar refractivity (Wildman–Crippen MR) is 46.1 cm³/mol. The smallest absolute Gasteiger partial charge is 0.0715 e. The van der Waals surface area contributed by atoms with Crippen LogP contribution in [0.1, 0.15) is 6.42 Å². The van der Waals surface area contributed by atoms with Gasteiger partial charge in [0.15, 0.2) is 0 Å². The van der Waals surface area contributed by atoms with Crippen LogP contribution in [0, 0.1) is 5.92 Å². The molecule has 0 aromatic carbocycles. The maximum Gasteiger partial charge on any atom is 0.0715 e. The van der Waals surface area contributed by atoms with Gasteiger partial charge in [0, 0.05) is 19.1 Å². The van der Waals surface area contributed by atoms with Crippen molar-refractivity contribution in [3.63, 3.8) is 0 Å². The quantitative estimate of drug-likeness (QED) is 0.646. The molecule has 4 heteroatoms. The zero-order valence-corrected chi connectivity index (χ0v) is 7.56. The van der Waals surface area contributed by atoms with Crippen LogP contribution in [-0.2, 0) is 4.74 Å². The molecule has 1 aliphatic heterocycles. The van der Waals surface area contributed by atoms with Crippen molar-refractivity contribution in [3.8, 4) is 0 Å². The van der Waals surface area contributed by atoms with Crippen LogP contribution in [0.15, 0.2) is 0 Å². The molecule has 1 rings (SSSR count). The van der Waals surface area contributed by atoms with Crippen LogP contribution >= 0.6 is 12.4 Å². The van der Waals surface area contributed by atoms with Crippen molar-refractivity contribution >= 4 is 12.4 Å². The number of halogens is 1. The van der Waals surface area contributed by atoms with E-state index in [2.05, 4.69) is 5.32 Å². The van der Waals surface area contributed by atoms with Gasteiger partial charge < -0.3 is 15.2 Å². The molecule has 1 heterocycles. The predicted octanol–water partition coefficient (Wildman–Crippen LogP) is 0.0250. The van der Waals surface area contributed by atoms with Crippen LogP contribution < -0.4 is 5.32 Å². The van der Waals surface area contributed by atoms with E-state index < -0.39 is 0 Å². The molecule has 0 amide bonds. The van der Waals surface area contributed by atoms with Crippen LogP contribution in [0.3, 0.4) is 0 Å². The molecule has 68 valence electrons. The molecule has 0 radical (unpaired) electrons. The molecular formula is C7H16ClNO2. The molecule has 11 heavy (non-hydrogen) atoms. The maximum atomic E-state index is 9.41. The number of likely N-dealkylation sites (N-methyl/N-ethyl adjacent to an activating group) is 1. The van der Waals surface area contributed by atoms with E-state index in [1.807, 2.05) is 7.05 Å². The summed E-state index contributed by atoms with van der Waals surface area (Å²) in [5.41, 5.74) is 0. The second kappa shape index (κ2) is 5.77. The van der Waals surface area contributed by atoms with Crippen LogP contribution in [-0.4, -0.2) is 38.0 Å². The molecule has 1 fully saturated rings. The zero-order chi connectivity index (χ0) is 7.40. The lowest BCUT2D eigenvalue weighted by Crippen LogP contribution is -2.31. The lowest BCUT2D eigenvalue weighted by Gasteiger charge is -2.14. The minimum Gasteiger partial charge on any atom is -0.391 e. The molecule has 0 bridgehead atoms. The lowest BCUT2D eigenvalue weighted by atomic mass is 10.0. The number of hydrogen-bond acceptors (Lipinski definition) is 3. The van der Waals surface area contributed by atoms with E-state index in [9.17, 15) is 5.11 Å². The first-order valence-corrected chi connectivity index (χ1v) is 3.75. The number of nitrogens with one attached hydrogen (secondary N) is 1. The second-order valence-electron chi connectivity index (χ2n) is 2.75. The van der Waals surface area contributed by atoms with Gasteiger partial charge in [-0.15, -0.1) is 12.4 Å². The standard InChI is InChI=1S/C7H15NO2.ClH/c1-8-4-7(9)6-2-3-10-5-6;/h6-9H,2-5H2,1H3;1H. The molecular weight excluding hydrogens is 166 g/mol. The van der Waals surface area contributed by atoms with E-state index >= 15 is 0 Å². The highest BCUT2D eigenvalue weighted by molar-refractivity contribution is 5.85. The van der Waals surface area contributed by atoms with Gasteiger partial charge in [0.2, 0.25) is 0 Å². The first kappa shape index (κ1) is 11.2. The van der Waals surface area contributed by atoms with E-state index in [1.54, 1.807) is 0 Å². The van der Waals surface area contributed by atoms with Crippen LogP contribution in [0.5, 0.6) is 0 Å². The minimum absolute atomic E-state index is 0. The van der Waals surface area contributed by atoms with E-state index in [1.165, 1.54) is 0 Å². The van der Waals surface area contributed by atoms with Gasteiger partial charge >= 0.3 is 0 Å². The van der Waals surface area contributed by atoms with Gasteiger partial charge in [-0.2, -0.15) is 0 Å². The Bertz CT molecular complexity index is 96.4. The summed E-state index contributed by atoms with van der Waals surface area (Å²) in [5, 5.41) is 12.3. The molecule has 2 atom stereocenters. The summed E-state index contributed by atoms with van der Waals surface area (Å²) in [6.07, 6.45) is 0.774. The molecule has 0 saturated carbocycles. The summed E-state index contributed by atoms with van der Waals surface area (Å²) in [5.74, 6) is 0.354. The van der Waals surface area contributed by atoms with Crippen molar-refractivity contribution in [1.82, 2.24) is 5.32 Å². The average Bonchev–Trinajstić information content (AvgIpc) is 2.38. The summed E-state index contributed by atoms with van der Waals surface area (Å²) >= 11 is 0. The normalized spacial score (nSPS) is 26.2. The van der Waals surface area contributed by atoms with Crippen molar-refractivity contribution in [2.45, 2.75) is 12.5 Å². The monoisotopic (exact) mass is 181 g/mol. The third kappa shape index (κ3) is 3.38. The summed E-state index contributed by atoms with van der Waals surface area (Å²) in [7, 11) is 1.85. The van der Waals surface area contributed by atoms with Crippen LogP contribution in [0.2, 0.25) is 0 Å². The van der Waals surface area contributed by atoms with Gasteiger partial charge in [-0.3, -0.25) is 0 Å². The fourth-order valence-electron chi connectivity index (χ4n) is 1.23. The van der Waals surface area contributed by atoms with Crippen LogP contribution in [0.25, 0.3) is 0 Å². The minimum atomic E-state index is -0.229. The molecule has 0 aromatic rings. The molecule has 0 aromatic heterocycles. The highest BCUT2D eigenvalue weighted by atomic mass is 35.5. The first-order chi connectivity index (χ1) is 4.84. The highest BCUT2D eigenvalue weighted by Crippen LogP contribution is 2.15. The van der Waals surface area contributed by atoms with Gasteiger partial charge in [-0.25, -0.2) is 0 Å². The van der Waals surface area contributed by atoms with E-state index in [-0.39, 0.29) is 18.5 Å². The van der Waals surface area contributed by atoms with Gasteiger partial charge in [-0.1, -0.05) is 0 Å². The van der Waals surface area contributed by atoms with Crippen molar-refractivity contribution < 1.29 is 9.84 Å². The van der Waals surface area contributed by atoms with E-state index in [4.69, 9.17) is 4.74 Å². The Morgan fingerprint density at radius 2 is 2.45 bits per heavy atom. The van der Waals surface area contributed by atoms with Crippen molar-refractivity contribution in [2.24, 2.45) is 5.92 Å². The Hall–Kier alpha value is 0.170. The van der Waals surface area contributed by atoms with Gasteiger partial charge in [-0.05, 0) is 13.5 Å².